The van der Waals surface area contributed by atoms with Crippen LogP contribution in [0.15, 0.2) is 47.2 Å². The number of benzene rings is 2. The molecule has 0 bridgehead atoms. The third-order valence-electron chi connectivity index (χ3n) is 8.07. The van der Waals surface area contributed by atoms with Gasteiger partial charge in [-0.2, -0.15) is 0 Å². The number of carbonyl (C=O) groups excluding carboxylic acids is 3. The van der Waals surface area contributed by atoms with E-state index in [0.29, 0.717) is 22.3 Å². The molecule has 9 nitrogen and oxygen atoms in total. The number of halogens is 1. The summed E-state index contributed by atoms with van der Waals surface area (Å²) in [7, 11) is 3.08. The van der Waals surface area contributed by atoms with Crippen LogP contribution in [0.3, 0.4) is 0 Å². The molecule has 6 N–H and O–H groups in total. The summed E-state index contributed by atoms with van der Waals surface area (Å²) in [6.45, 7) is 1.61. The van der Waals surface area contributed by atoms with Crippen LogP contribution in [0.5, 0.6) is 5.75 Å². The summed E-state index contributed by atoms with van der Waals surface area (Å²) < 4.78 is 13.9. The van der Waals surface area contributed by atoms with E-state index in [1.54, 1.807) is 39.2 Å². The largest absolute Gasteiger partial charge is 0.508 e. The predicted octanol–water partition coefficient (Wildman–Crippen LogP) is 2.08. The van der Waals surface area contributed by atoms with Gasteiger partial charge in [-0.1, -0.05) is 12.1 Å². The fourth-order valence-corrected chi connectivity index (χ4v) is 6.33. The van der Waals surface area contributed by atoms with Crippen LogP contribution < -0.4 is 5.73 Å². The second kappa shape index (κ2) is 8.50. The number of aryl methyl sites for hydroxylation is 1. The van der Waals surface area contributed by atoms with Gasteiger partial charge in [0.15, 0.2) is 11.4 Å². The Bertz CT molecular complexity index is 1510. The fourth-order valence-electron chi connectivity index (χ4n) is 6.33. The monoisotopic (exact) mass is 522 g/mol. The molecular formula is C28H27FN2O7. The summed E-state index contributed by atoms with van der Waals surface area (Å²) in [5.41, 5.74) is 3.72. The number of hydrogen-bond donors (Lipinski definition) is 5. The van der Waals surface area contributed by atoms with Crippen LogP contribution in [0.2, 0.25) is 0 Å². The fraction of sp³-hybridized carbons (Fsp3) is 0.321. The van der Waals surface area contributed by atoms with Crippen molar-refractivity contribution in [3.8, 4) is 16.9 Å². The van der Waals surface area contributed by atoms with E-state index in [0.717, 1.165) is 0 Å². The number of nitrogens with two attached hydrogens (primary N) is 1. The van der Waals surface area contributed by atoms with E-state index in [-0.39, 0.29) is 35.5 Å². The second-order valence-corrected chi connectivity index (χ2v) is 10.4. The Morgan fingerprint density at radius 3 is 2.42 bits per heavy atom. The van der Waals surface area contributed by atoms with Crippen molar-refractivity contribution < 1.29 is 39.2 Å². The Morgan fingerprint density at radius 1 is 1.13 bits per heavy atom. The number of phenols is 1. The van der Waals surface area contributed by atoms with Crippen molar-refractivity contribution in [1.82, 2.24) is 4.90 Å². The van der Waals surface area contributed by atoms with Crippen molar-refractivity contribution in [2.45, 2.75) is 31.4 Å². The van der Waals surface area contributed by atoms with Gasteiger partial charge in [-0.15, -0.1) is 0 Å². The lowest BCUT2D eigenvalue weighted by Crippen LogP contribution is -2.65. The molecule has 0 saturated heterocycles. The van der Waals surface area contributed by atoms with Crippen LogP contribution in [0, 0.1) is 24.6 Å². The summed E-state index contributed by atoms with van der Waals surface area (Å²) >= 11 is 0. The van der Waals surface area contributed by atoms with E-state index in [1.807, 2.05) is 0 Å². The molecule has 0 aliphatic heterocycles. The Labute approximate surface area is 217 Å². The number of nitrogens with zero attached hydrogens (tertiary/aromatic N) is 1. The normalized spacial score (nSPS) is 26.8. The average Bonchev–Trinajstić information content (AvgIpc) is 2.83. The van der Waals surface area contributed by atoms with Crippen molar-refractivity contribution in [2.75, 3.05) is 14.1 Å². The van der Waals surface area contributed by atoms with E-state index in [1.165, 1.54) is 17.0 Å². The van der Waals surface area contributed by atoms with Gasteiger partial charge >= 0.3 is 0 Å². The first-order chi connectivity index (χ1) is 17.8. The number of amides is 1. The summed E-state index contributed by atoms with van der Waals surface area (Å²) in [5.74, 6) is -7.41. The number of aromatic hydroxyl groups is 1. The standard InChI is InChI=1S/C28H27FN2O7/c1-11-8-12(4-6-17(11)29)14-5-7-18(32)20-15(14)9-13-10-16-22(31(2)3)24(34)21(27(30)37)26(36)28(16,38)25(35)19(13)23(20)33/h4-8,13,16,22,32-33,36,38H,9-10H2,1-3H3,(H2,30,37)/t13-,16-,22+,28+/m1/s1. The van der Waals surface area contributed by atoms with Gasteiger partial charge in [-0.25, -0.2) is 4.39 Å². The van der Waals surface area contributed by atoms with Gasteiger partial charge in [0.05, 0.1) is 11.6 Å². The first kappa shape index (κ1) is 25.6. The molecule has 4 atom stereocenters. The number of hydrogen-bond acceptors (Lipinski definition) is 8. The molecule has 3 aliphatic carbocycles. The number of rotatable bonds is 3. The molecule has 0 spiro atoms. The lowest BCUT2D eigenvalue weighted by atomic mass is 9.57. The lowest BCUT2D eigenvalue weighted by Gasteiger charge is -2.50. The summed E-state index contributed by atoms with van der Waals surface area (Å²) in [6, 6.07) is 6.36. The average molecular weight is 523 g/mol. The van der Waals surface area contributed by atoms with Crippen LogP contribution in [0.25, 0.3) is 16.9 Å². The van der Waals surface area contributed by atoms with E-state index < -0.39 is 58.0 Å². The van der Waals surface area contributed by atoms with Crippen molar-refractivity contribution in [1.29, 1.82) is 0 Å². The zero-order valence-electron chi connectivity index (χ0n) is 20.9. The molecule has 38 heavy (non-hydrogen) atoms. The highest BCUT2D eigenvalue weighted by Gasteiger charge is 2.64. The number of ketones is 2. The highest BCUT2D eigenvalue weighted by Crippen LogP contribution is 2.53. The van der Waals surface area contributed by atoms with Crippen LogP contribution in [-0.2, 0) is 20.8 Å². The zero-order valence-corrected chi connectivity index (χ0v) is 20.9. The van der Waals surface area contributed by atoms with E-state index in [9.17, 15) is 39.2 Å². The van der Waals surface area contributed by atoms with Crippen molar-refractivity contribution in [3.05, 3.63) is 69.7 Å². The van der Waals surface area contributed by atoms with E-state index in [2.05, 4.69) is 0 Å². The number of Topliss-reactive ketones (excluding diaryl/α,β-unsaturated/α-hetero) is 2. The maximum atomic E-state index is 13.9. The number of likely N-dealkylation sites (N-methyl/N-ethyl adjacent to an activating group) is 1. The first-order valence-corrected chi connectivity index (χ1v) is 12.1. The van der Waals surface area contributed by atoms with E-state index >= 15 is 0 Å². The topological polar surface area (TPSA) is 161 Å². The maximum absolute atomic E-state index is 13.9. The molecule has 0 aromatic heterocycles. The van der Waals surface area contributed by atoms with Gasteiger partial charge < -0.3 is 26.2 Å². The van der Waals surface area contributed by atoms with Gasteiger partial charge in [0, 0.05) is 11.5 Å². The maximum Gasteiger partial charge on any atom is 0.255 e. The Hall–Kier alpha value is -4.02. The third-order valence-corrected chi connectivity index (χ3v) is 8.07. The first-order valence-electron chi connectivity index (χ1n) is 12.1. The molecular weight excluding hydrogens is 495 g/mol. The number of fused-ring (bicyclic) bond motifs is 3. The second-order valence-electron chi connectivity index (χ2n) is 10.4. The number of carbonyl (C=O) groups is 3. The van der Waals surface area contributed by atoms with Gasteiger partial charge in [0.25, 0.3) is 5.91 Å². The minimum absolute atomic E-state index is 0.0106. The van der Waals surface area contributed by atoms with Crippen LogP contribution in [-0.4, -0.2) is 68.5 Å². The molecule has 198 valence electrons. The van der Waals surface area contributed by atoms with Gasteiger partial charge in [0.1, 0.15) is 28.7 Å². The molecule has 1 fully saturated rings. The molecule has 0 radical (unpaired) electrons. The quantitative estimate of drug-likeness (QED) is 0.383. The number of primary amides is 1. The molecule has 5 rings (SSSR count). The Morgan fingerprint density at radius 2 is 1.82 bits per heavy atom. The molecule has 1 amide bonds. The Balaban J connectivity index is 1.74. The molecule has 2 aromatic carbocycles. The molecule has 2 aromatic rings. The van der Waals surface area contributed by atoms with Crippen molar-refractivity contribution in [3.63, 3.8) is 0 Å². The zero-order chi connectivity index (χ0) is 27.8. The van der Waals surface area contributed by atoms with Gasteiger partial charge in [0.2, 0.25) is 5.78 Å². The summed E-state index contributed by atoms with van der Waals surface area (Å²) in [6.07, 6.45) is 0.137. The minimum Gasteiger partial charge on any atom is -0.508 e. The number of phenolic OH excluding ortho intramolecular Hbond substituents is 1. The summed E-state index contributed by atoms with van der Waals surface area (Å²) in [4.78, 5) is 40.6. The minimum atomic E-state index is -2.69. The van der Waals surface area contributed by atoms with E-state index in [4.69, 9.17) is 5.73 Å². The van der Waals surface area contributed by atoms with Crippen LogP contribution in [0.1, 0.15) is 23.1 Å². The van der Waals surface area contributed by atoms with Gasteiger partial charge in [-0.05, 0) is 80.2 Å². The SMILES string of the molecule is Cc1cc(-c2ccc(O)c3c2C[C@@H]2C[C@@H]4[C@H](N(C)C)C(=O)C(C(N)=O)=C(O)[C@@]4(O)C(=O)C2=C3O)ccc1F. The molecule has 1 saturated carbocycles. The predicted molar refractivity (Wildman–Crippen MR) is 134 cm³/mol. The number of aliphatic hydroxyl groups is 3. The van der Waals surface area contributed by atoms with Crippen molar-refractivity contribution in [2.24, 2.45) is 17.6 Å². The smallest absolute Gasteiger partial charge is 0.255 e. The number of aliphatic hydroxyl groups excluding tert-OH is 2. The highest BCUT2D eigenvalue weighted by atomic mass is 19.1. The molecule has 0 heterocycles. The Kier molecular flexibility index (Phi) is 5.73. The highest BCUT2D eigenvalue weighted by molar-refractivity contribution is 6.24. The summed E-state index contributed by atoms with van der Waals surface area (Å²) in [5, 5.41) is 44.6. The molecule has 0 unspecified atom stereocenters. The van der Waals surface area contributed by atoms with Crippen molar-refractivity contribution >= 4 is 23.2 Å². The molecule has 3 aliphatic rings. The van der Waals surface area contributed by atoms with Crippen LogP contribution >= 0.6 is 0 Å². The van der Waals surface area contributed by atoms with Crippen LogP contribution in [0.4, 0.5) is 4.39 Å². The van der Waals surface area contributed by atoms with Gasteiger partial charge in [-0.3, -0.25) is 19.3 Å². The third kappa shape index (κ3) is 3.33. The molecule has 10 heteroatoms. The lowest BCUT2D eigenvalue weighted by molar-refractivity contribution is -0.153.